The summed E-state index contributed by atoms with van der Waals surface area (Å²) in [5, 5.41) is 7.71. The second kappa shape index (κ2) is 10.6. The molecule has 0 aromatic heterocycles. The molecule has 1 atom stereocenters. The summed E-state index contributed by atoms with van der Waals surface area (Å²) in [7, 11) is 0. The van der Waals surface area contributed by atoms with Crippen LogP contribution >= 0.6 is 67.0 Å². The fraction of sp³-hybridized carbons (Fsp3) is 0.133. The van der Waals surface area contributed by atoms with E-state index >= 15 is 0 Å². The summed E-state index contributed by atoms with van der Waals surface area (Å²) < 4.78 is 6.02. The number of nitrogens with zero attached hydrogens (tertiary/aromatic N) is 2. The Labute approximate surface area is 257 Å². The van der Waals surface area contributed by atoms with Gasteiger partial charge in [-0.3, -0.25) is 0 Å². The lowest BCUT2D eigenvalue weighted by atomic mass is 9.82. The highest BCUT2D eigenvalue weighted by molar-refractivity contribution is 9.10. The summed E-state index contributed by atoms with van der Waals surface area (Å²) in [4.78, 5) is 13.1. The third kappa shape index (κ3) is 4.54. The van der Waals surface area contributed by atoms with Crippen LogP contribution in [0.2, 0.25) is 5.02 Å². The lowest BCUT2D eigenvalue weighted by Crippen LogP contribution is -2.34. The number of carbonyl (C=O) groups excluding carboxylic acids is 1. The van der Waals surface area contributed by atoms with Crippen molar-refractivity contribution in [1.29, 1.82) is 0 Å². The monoisotopic (exact) mass is 698 g/mol. The number of anilines is 1. The highest BCUT2D eigenvalue weighted by atomic mass is 79.9. The van der Waals surface area contributed by atoms with Gasteiger partial charge < -0.3 is 4.74 Å². The number of esters is 1. The van der Waals surface area contributed by atoms with Gasteiger partial charge in [0.15, 0.2) is 4.20 Å². The van der Waals surface area contributed by atoms with Crippen LogP contribution in [0, 0.1) is 0 Å². The Hall–Kier alpha value is -2.23. The highest BCUT2D eigenvalue weighted by Gasteiger charge is 2.62. The van der Waals surface area contributed by atoms with Crippen LogP contribution < -0.4 is 5.01 Å². The van der Waals surface area contributed by atoms with Crippen molar-refractivity contribution in [3.05, 3.63) is 133 Å². The molecule has 0 fully saturated rings. The summed E-state index contributed by atoms with van der Waals surface area (Å²) in [6.07, 6.45) is 0. The van der Waals surface area contributed by atoms with E-state index in [1.54, 1.807) is 18.7 Å². The van der Waals surface area contributed by atoms with Gasteiger partial charge in [0.25, 0.3) is 0 Å². The van der Waals surface area contributed by atoms with E-state index in [9.17, 15) is 4.79 Å². The van der Waals surface area contributed by atoms with Gasteiger partial charge in [0.1, 0.15) is 0 Å². The molecule has 196 valence electrons. The van der Waals surface area contributed by atoms with Gasteiger partial charge in [-0.2, -0.15) is 5.10 Å². The molecule has 2 aliphatic rings. The second-order valence-electron chi connectivity index (χ2n) is 8.94. The molecule has 2 aliphatic heterocycles. The number of hydrogen-bond acceptors (Lipinski definition) is 6. The van der Waals surface area contributed by atoms with E-state index < -0.39 is 14.9 Å². The van der Waals surface area contributed by atoms with Gasteiger partial charge in [0, 0.05) is 19.5 Å². The number of benzene rings is 4. The van der Waals surface area contributed by atoms with Crippen LogP contribution in [0.15, 0.2) is 111 Å². The van der Waals surface area contributed by atoms with Gasteiger partial charge in [-0.05, 0) is 66.1 Å². The Morgan fingerprint density at radius 1 is 0.897 bits per heavy atom. The highest BCUT2D eigenvalue weighted by Crippen LogP contribution is 2.71. The summed E-state index contributed by atoms with van der Waals surface area (Å²) >= 11 is 16.8. The Bertz CT molecular complexity index is 1550. The molecular formula is C30H21Br2ClN2O2S2. The van der Waals surface area contributed by atoms with Crippen LogP contribution in [-0.4, -0.2) is 17.6 Å². The van der Waals surface area contributed by atoms with Gasteiger partial charge in [-0.15, -0.1) is 0 Å². The summed E-state index contributed by atoms with van der Waals surface area (Å²) in [5.41, 5.74) is 5.24. The van der Waals surface area contributed by atoms with Crippen LogP contribution in [0.4, 0.5) is 5.69 Å². The number of fused-ring (bicyclic) bond motifs is 2. The molecule has 1 spiro atoms. The van der Waals surface area contributed by atoms with Crippen LogP contribution in [0.25, 0.3) is 0 Å². The molecule has 0 amide bonds. The molecule has 0 unspecified atom stereocenters. The van der Waals surface area contributed by atoms with E-state index in [4.69, 9.17) is 21.4 Å². The number of carbonyl (C=O) groups is 1. The molecule has 4 nitrogen and oxygen atoms in total. The summed E-state index contributed by atoms with van der Waals surface area (Å²) in [6, 6.07) is 32.9. The fourth-order valence-electron chi connectivity index (χ4n) is 5.04. The zero-order valence-electron chi connectivity index (χ0n) is 20.6. The number of ether oxygens (including phenoxy) is 1. The molecule has 0 saturated heterocycles. The van der Waals surface area contributed by atoms with Crippen molar-refractivity contribution in [2.75, 3.05) is 11.6 Å². The van der Waals surface area contributed by atoms with Crippen LogP contribution in [0.5, 0.6) is 0 Å². The Morgan fingerprint density at radius 3 is 2.10 bits per heavy atom. The van der Waals surface area contributed by atoms with Crippen molar-refractivity contribution in [3.63, 3.8) is 0 Å². The zero-order valence-corrected chi connectivity index (χ0v) is 26.2. The number of hydrazone groups is 1. The van der Waals surface area contributed by atoms with Crippen LogP contribution in [-0.2, 0) is 18.5 Å². The third-order valence-electron chi connectivity index (χ3n) is 6.65. The summed E-state index contributed by atoms with van der Waals surface area (Å²) in [6.45, 7) is 2.07. The normalized spacial score (nSPS) is 19.2. The van der Waals surface area contributed by atoms with E-state index in [-0.39, 0.29) is 6.61 Å². The molecule has 0 N–H and O–H groups in total. The maximum absolute atomic E-state index is 13.1. The minimum atomic E-state index is -0.802. The largest absolute Gasteiger partial charge is 0.461 e. The van der Waals surface area contributed by atoms with E-state index in [2.05, 4.69) is 98.6 Å². The first-order valence-electron chi connectivity index (χ1n) is 12.2. The standard InChI is InChI=1S/C30H21Br2ClN2O2S2/c1-2-37-28(36)27-34-35(24-7-5-6-23(33)18-24)30(38-27)26-9-4-3-8-25(26)29(39-30,19-10-14-21(31)15-11-19)20-12-16-22(32)17-13-20/h3-18H,2H2,1H3/t30-/m0/s1. The minimum absolute atomic E-state index is 0.272. The molecule has 0 saturated carbocycles. The van der Waals surface area contributed by atoms with Gasteiger partial charge in [-0.1, -0.05) is 122 Å². The second-order valence-corrected chi connectivity index (χ2v) is 14.1. The minimum Gasteiger partial charge on any atom is -0.461 e. The molecular weight excluding hydrogens is 680 g/mol. The first kappa shape index (κ1) is 27.0. The molecule has 39 heavy (non-hydrogen) atoms. The quantitative estimate of drug-likeness (QED) is 0.194. The SMILES string of the molecule is CCOC(=O)C1=NN(c2cccc(Cl)c2)[C@@]2(S1)SC(c1ccc(Br)cc1)(c1ccc(Br)cc1)c1ccccc12. The first-order valence-corrected chi connectivity index (χ1v) is 15.8. The lowest BCUT2D eigenvalue weighted by molar-refractivity contribution is -0.134. The number of hydrogen-bond donors (Lipinski definition) is 0. The molecule has 4 aromatic rings. The predicted molar refractivity (Wildman–Crippen MR) is 169 cm³/mol. The Morgan fingerprint density at radius 2 is 1.51 bits per heavy atom. The van der Waals surface area contributed by atoms with Crippen LogP contribution in [0.3, 0.4) is 0 Å². The predicted octanol–water partition coefficient (Wildman–Crippen LogP) is 9.14. The molecule has 4 aromatic carbocycles. The van der Waals surface area contributed by atoms with Crippen molar-refractivity contribution in [2.45, 2.75) is 15.9 Å². The maximum atomic E-state index is 13.1. The average Bonchev–Trinajstić information content (AvgIpc) is 3.47. The average molecular weight is 701 g/mol. The van der Waals surface area contributed by atoms with Gasteiger partial charge in [0.05, 0.1) is 17.0 Å². The van der Waals surface area contributed by atoms with E-state index in [1.807, 2.05) is 35.3 Å². The Balaban J connectivity index is 1.63. The van der Waals surface area contributed by atoms with Crippen molar-refractivity contribution in [1.82, 2.24) is 0 Å². The Kier molecular flexibility index (Phi) is 7.35. The molecule has 0 radical (unpaired) electrons. The fourth-order valence-corrected chi connectivity index (χ4v) is 9.31. The van der Waals surface area contributed by atoms with Gasteiger partial charge in [0.2, 0.25) is 5.04 Å². The molecule has 6 rings (SSSR count). The maximum Gasteiger partial charge on any atom is 0.365 e. The topological polar surface area (TPSA) is 41.9 Å². The molecule has 0 bridgehead atoms. The summed E-state index contributed by atoms with van der Waals surface area (Å²) in [5.74, 6) is -0.436. The smallest absolute Gasteiger partial charge is 0.365 e. The van der Waals surface area contributed by atoms with E-state index in [0.717, 1.165) is 36.9 Å². The van der Waals surface area contributed by atoms with Crippen molar-refractivity contribution in [2.24, 2.45) is 5.10 Å². The molecule has 9 heteroatoms. The zero-order chi connectivity index (χ0) is 27.2. The third-order valence-corrected chi connectivity index (χ3v) is 11.2. The van der Waals surface area contributed by atoms with Crippen molar-refractivity contribution in [3.8, 4) is 0 Å². The van der Waals surface area contributed by atoms with E-state index in [0.29, 0.717) is 10.1 Å². The number of rotatable bonds is 5. The number of thioether (sulfide) groups is 2. The molecule has 2 heterocycles. The first-order chi connectivity index (χ1) is 18.9. The number of halogens is 3. The van der Waals surface area contributed by atoms with Gasteiger partial charge >= 0.3 is 5.97 Å². The van der Waals surface area contributed by atoms with Gasteiger partial charge in [-0.25, -0.2) is 9.80 Å². The van der Waals surface area contributed by atoms with Crippen molar-refractivity contribution >= 4 is 83.7 Å². The van der Waals surface area contributed by atoms with Crippen LogP contribution in [0.1, 0.15) is 29.2 Å². The molecule has 0 aliphatic carbocycles. The van der Waals surface area contributed by atoms with E-state index in [1.165, 1.54) is 11.8 Å². The lowest BCUT2D eigenvalue weighted by Gasteiger charge is -2.37. The van der Waals surface area contributed by atoms with Crippen molar-refractivity contribution < 1.29 is 9.53 Å².